The molecule has 4 aliphatic rings. The number of halogens is 1. The maximum absolute atomic E-state index is 12.8. The predicted molar refractivity (Wildman–Crippen MR) is 384 cm³/mol. The van der Waals surface area contributed by atoms with Crippen molar-refractivity contribution in [2.75, 3.05) is 103 Å². The summed E-state index contributed by atoms with van der Waals surface area (Å²) in [6, 6.07) is 20.8. The number of anilines is 3. The van der Waals surface area contributed by atoms with Gasteiger partial charge in [-0.3, -0.25) is 14.5 Å². The van der Waals surface area contributed by atoms with E-state index in [0.29, 0.717) is 83.1 Å². The fourth-order valence-corrected chi connectivity index (χ4v) is 14.6. The van der Waals surface area contributed by atoms with E-state index in [1.165, 1.54) is 31.1 Å². The first-order valence-corrected chi connectivity index (χ1v) is 35.5. The van der Waals surface area contributed by atoms with Crippen molar-refractivity contribution in [2.45, 2.75) is 119 Å². The fraction of sp³-hybridized carbons (Fsp3) is 0.429. The van der Waals surface area contributed by atoms with Crippen molar-refractivity contribution in [2.24, 2.45) is 11.3 Å². The van der Waals surface area contributed by atoms with Crippen LogP contribution in [-0.2, 0) is 29.2 Å². The molecule has 2 fully saturated rings. The molecule has 0 spiro atoms. The van der Waals surface area contributed by atoms with Crippen LogP contribution < -0.4 is 45.9 Å². The van der Waals surface area contributed by atoms with Crippen LogP contribution in [0.4, 0.5) is 17.3 Å². The number of amides is 2. The van der Waals surface area contributed by atoms with Gasteiger partial charge in [0.05, 0.1) is 35.5 Å². The number of aliphatic hydroxyl groups excluding tert-OH is 1. The number of nitrogens with two attached hydrogens (primary N) is 2. The number of imidazole rings is 2. The molecule has 9 aromatic rings. The van der Waals surface area contributed by atoms with Crippen LogP contribution in [-0.4, -0.2) is 169 Å². The van der Waals surface area contributed by atoms with Crippen molar-refractivity contribution in [3.63, 3.8) is 0 Å². The molecule has 2 amide bonds. The number of carbonyl (C=O) groups is 2. The van der Waals surface area contributed by atoms with E-state index in [1.807, 2.05) is 89.5 Å². The number of carbonyl (C=O) groups excluding carboxylic acids is 2. The van der Waals surface area contributed by atoms with Crippen LogP contribution in [0, 0.1) is 11.3 Å². The first kappa shape index (κ1) is 71.7. The lowest BCUT2D eigenvalue weighted by molar-refractivity contribution is -0.140. The molecule has 99 heavy (non-hydrogen) atoms. The molecule has 526 valence electrons. The van der Waals surface area contributed by atoms with Gasteiger partial charge in [-0.2, -0.15) is 0 Å². The van der Waals surface area contributed by atoms with Gasteiger partial charge in [0, 0.05) is 118 Å². The highest BCUT2D eigenvalue weighted by Gasteiger charge is 2.30. The zero-order chi connectivity index (χ0) is 70.2. The Morgan fingerprint density at radius 3 is 2.10 bits per heavy atom. The minimum atomic E-state index is -0.950. The standard InChI is InChI=1S/C26H31N3O5.C22H25BrN6O4S.C22H30N6O2S/c1-4-27-26(32)24-23(18-7-5-17(6-8-18)15-29-9-11-33-12-10-29)25(34-28-24)20-13-19(16(2)3)21(30)14-22(20)31;1-12(30)21(31)28-5-2-13(3-6-28)4-7-29-20-18(19(24)25-10-26-20)27-22(29)34-17-9-16-15(8-14(17)23)32-11-33-16;1-22(2,3)12-24-8-9-28-14-6-7-25-20(23)19(14)26-21(28)31-18-11-17-16(29-13-30-17)10-15(18)27(4)5/h5-8,13-14,16,30-31H,4,9-12,15H2,1-3H3,(H,27,32);8-10,12-13,30H,2-7,11H2,1H3,(H2,24,25,26);6-7,10-11,24H,8-9,12-13H2,1-5H3,(H2,23,25)/t;12-;/m.0./s1. The summed E-state index contributed by atoms with van der Waals surface area (Å²) in [6.45, 7) is 23.5. The lowest BCUT2D eigenvalue weighted by Crippen LogP contribution is -2.43. The molecule has 2 saturated heterocycles. The van der Waals surface area contributed by atoms with Gasteiger partial charge in [-0.15, -0.1) is 0 Å². The summed E-state index contributed by atoms with van der Waals surface area (Å²) >= 11 is 6.72. The molecule has 0 saturated carbocycles. The van der Waals surface area contributed by atoms with Gasteiger partial charge in [-0.25, -0.2) is 24.9 Å². The number of phenols is 2. The van der Waals surface area contributed by atoms with Crippen molar-refractivity contribution in [1.29, 1.82) is 0 Å². The topological polar surface area (TPSA) is 327 Å². The highest BCUT2D eigenvalue weighted by molar-refractivity contribution is 9.10. The van der Waals surface area contributed by atoms with Crippen molar-refractivity contribution in [3.8, 4) is 56.9 Å². The number of aliphatic hydroxyl groups is 1. The molecule has 0 aliphatic carbocycles. The molecule has 13 rings (SSSR count). The van der Waals surface area contributed by atoms with Crippen LogP contribution in [0.1, 0.15) is 95.3 Å². The van der Waals surface area contributed by atoms with Crippen molar-refractivity contribution < 1.29 is 53.1 Å². The summed E-state index contributed by atoms with van der Waals surface area (Å²) in [6.07, 6.45) is 4.97. The van der Waals surface area contributed by atoms with Gasteiger partial charge >= 0.3 is 0 Å². The number of nitrogens with zero attached hydrogens (tertiary/aromatic N) is 11. The van der Waals surface area contributed by atoms with E-state index in [0.717, 1.165) is 136 Å². The minimum absolute atomic E-state index is 0.00808. The van der Waals surface area contributed by atoms with E-state index in [2.05, 4.69) is 86.4 Å². The smallest absolute Gasteiger partial charge is 0.274 e. The summed E-state index contributed by atoms with van der Waals surface area (Å²) in [5, 5.41) is 42.5. The lowest BCUT2D eigenvalue weighted by Gasteiger charge is -2.32. The maximum Gasteiger partial charge on any atom is 0.274 e. The number of likely N-dealkylation sites (tertiary alicyclic amines) is 1. The van der Waals surface area contributed by atoms with Crippen LogP contribution in [0.15, 0.2) is 108 Å². The van der Waals surface area contributed by atoms with Crippen LogP contribution in [0.5, 0.6) is 34.5 Å². The third-order valence-electron chi connectivity index (χ3n) is 17.2. The van der Waals surface area contributed by atoms with Crippen molar-refractivity contribution in [1.82, 2.24) is 59.6 Å². The summed E-state index contributed by atoms with van der Waals surface area (Å²) in [4.78, 5) is 55.4. The summed E-state index contributed by atoms with van der Waals surface area (Å²) in [7, 11) is 4.03. The molecule has 4 aliphatic heterocycles. The Hall–Kier alpha value is -8.58. The van der Waals surface area contributed by atoms with E-state index in [4.69, 9.17) is 49.6 Å². The van der Waals surface area contributed by atoms with E-state index in [-0.39, 0.29) is 59.7 Å². The van der Waals surface area contributed by atoms with E-state index in [1.54, 1.807) is 28.9 Å². The molecular formula is C70H86BrN15O11S2. The van der Waals surface area contributed by atoms with Crippen molar-refractivity contribution in [3.05, 3.63) is 101 Å². The van der Waals surface area contributed by atoms with Crippen LogP contribution in [0.3, 0.4) is 0 Å². The molecule has 9 heterocycles. The number of phenolic OH excluding ortho intramolecular Hbond substituents is 2. The number of aromatic hydroxyl groups is 2. The van der Waals surface area contributed by atoms with E-state index in [9.17, 15) is 24.9 Å². The molecule has 1 atom stereocenters. The second kappa shape index (κ2) is 31.7. The number of hydrogen-bond acceptors (Lipinski definition) is 24. The Bertz CT molecular complexity index is 4340. The molecule has 0 bridgehead atoms. The Kier molecular flexibility index (Phi) is 23.0. The Balaban J connectivity index is 0.000000150. The Labute approximate surface area is 591 Å². The van der Waals surface area contributed by atoms with Gasteiger partial charge in [0.1, 0.15) is 29.4 Å². The van der Waals surface area contributed by atoms with Crippen LogP contribution in [0.25, 0.3) is 44.6 Å². The number of nitrogens with one attached hydrogen (secondary N) is 2. The number of nitrogen functional groups attached to an aromatic ring is 2. The van der Waals surface area contributed by atoms with Gasteiger partial charge in [0.15, 0.2) is 67.6 Å². The predicted octanol–water partition coefficient (Wildman–Crippen LogP) is 10.8. The number of hydrogen-bond donors (Lipinski definition) is 7. The number of piperidine rings is 1. The molecule has 5 aromatic heterocycles. The van der Waals surface area contributed by atoms with Crippen LogP contribution in [0.2, 0.25) is 0 Å². The normalized spacial score (nSPS) is 14.9. The van der Waals surface area contributed by atoms with Gasteiger partial charge < -0.3 is 84.6 Å². The summed E-state index contributed by atoms with van der Waals surface area (Å²) in [5.74, 6) is 3.79. The molecule has 29 heteroatoms. The first-order valence-electron chi connectivity index (χ1n) is 33.1. The number of ether oxygens (including phenoxy) is 5. The molecule has 26 nitrogen and oxygen atoms in total. The zero-order valence-electron chi connectivity index (χ0n) is 57.1. The summed E-state index contributed by atoms with van der Waals surface area (Å²) in [5.41, 5.74) is 20.1. The molecule has 0 unspecified atom stereocenters. The summed E-state index contributed by atoms with van der Waals surface area (Å²) < 4.78 is 38.4. The van der Waals surface area contributed by atoms with Gasteiger partial charge in [0.25, 0.3) is 11.8 Å². The largest absolute Gasteiger partial charge is 0.508 e. The maximum atomic E-state index is 12.8. The number of fused-ring (bicyclic) bond motifs is 4. The number of aromatic nitrogens is 8. The average Bonchev–Trinajstić information content (AvgIpc) is 1.64. The number of rotatable bonds is 20. The average molecular weight is 1460 g/mol. The van der Waals surface area contributed by atoms with Crippen LogP contribution >= 0.6 is 39.5 Å². The highest BCUT2D eigenvalue weighted by Crippen LogP contribution is 2.47. The SMILES string of the molecule is CCNC(=O)c1noc(-c2cc(C(C)C)c(O)cc2O)c1-c1ccc(CN2CCOCC2)cc1.CN(C)c1cc2c(cc1Sc1nc3c(N)nccc3n1CCNCC(C)(C)C)OCO2.C[C@H](O)C(=O)N1CCC(CCn2c(Sc3cc4c(cc3Br)OCO4)nc3c(N)ncnc32)CC1. The number of benzene rings is 4. The minimum Gasteiger partial charge on any atom is -0.508 e. The highest BCUT2D eigenvalue weighted by atomic mass is 79.9. The molecule has 4 aromatic carbocycles. The number of aryl methyl sites for hydroxylation is 1. The number of morpholine rings is 1. The second-order valence-corrected chi connectivity index (χ2v) is 29.1. The molecule has 0 radical (unpaired) electrons. The monoisotopic (exact) mass is 1460 g/mol. The van der Waals surface area contributed by atoms with Gasteiger partial charge in [-0.05, 0) is 119 Å². The third kappa shape index (κ3) is 17.0. The van der Waals surface area contributed by atoms with E-state index >= 15 is 0 Å². The van der Waals surface area contributed by atoms with Gasteiger partial charge in [0.2, 0.25) is 13.6 Å². The van der Waals surface area contributed by atoms with Crippen molar-refractivity contribution >= 4 is 90.8 Å². The Morgan fingerprint density at radius 1 is 0.788 bits per heavy atom. The van der Waals surface area contributed by atoms with E-state index < -0.39 is 6.10 Å². The Morgan fingerprint density at radius 2 is 1.43 bits per heavy atom. The second-order valence-electron chi connectivity index (χ2n) is 26.2. The van der Waals surface area contributed by atoms with Gasteiger partial charge in [-0.1, -0.05) is 75.8 Å². The lowest BCUT2D eigenvalue weighted by atomic mass is 9.93. The fourth-order valence-electron chi connectivity index (χ4n) is 11.9. The zero-order valence-corrected chi connectivity index (χ0v) is 60.4. The number of pyridine rings is 1. The quantitative estimate of drug-likeness (QED) is 0.0349. The molecule has 9 N–H and O–H groups in total. The first-order chi connectivity index (χ1) is 47.5. The third-order valence-corrected chi connectivity index (χ3v) is 20.2. The molecular weight excluding hydrogens is 1370 g/mol.